The maximum Gasteiger partial charge on any atom is 0.213 e. The molecule has 1 saturated heterocycles. The Morgan fingerprint density at radius 1 is 1.04 bits per heavy atom. The fourth-order valence-electron chi connectivity index (χ4n) is 3.34. The first kappa shape index (κ1) is 15.7. The summed E-state index contributed by atoms with van der Waals surface area (Å²) in [5.74, 6) is 0.0152. The molecule has 1 fully saturated rings. The Morgan fingerprint density at radius 3 is 2.56 bits per heavy atom. The number of nitrogens with zero attached hydrogens (tertiary/aromatic N) is 2. The highest BCUT2D eigenvalue weighted by atomic mass is 19.1. The van der Waals surface area contributed by atoms with E-state index in [1.807, 2.05) is 24.3 Å². The quantitative estimate of drug-likeness (QED) is 0.780. The maximum atomic E-state index is 13.7. The van der Waals surface area contributed by atoms with Gasteiger partial charge in [-0.05, 0) is 18.2 Å². The monoisotopic (exact) mass is 338 g/mol. The summed E-state index contributed by atoms with van der Waals surface area (Å²) in [5.41, 5.74) is 1.76. The van der Waals surface area contributed by atoms with Crippen molar-refractivity contribution in [3.8, 4) is 11.6 Å². The van der Waals surface area contributed by atoms with E-state index in [1.165, 1.54) is 6.07 Å². The molecule has 2 heterocycles. The molecule has 0 amide bonds. The standard InChI is InChI=1S/C20H19FN2O2/c21-16-6-2-4-8-19(16)25-14-9-11-23(12-10-14)18-13-20(24)22-17-7-3-1-5-15(17)18/h1-8,13-14H,9-12H2,(H,22,24). The average Bonchev–Trinajstić information content (AvgIpc) is 2.63. The van der Waals surface area contributed by atoms with E-state index in [-0.39, 0.29) is 17.8 Å². The van der Waals surface area contributed by atoms with Crippen LogP contribution in [0.25, 0.3) is 10.9 Å². The van der Waals surface area contributed by atoms with Gasteiger partial charge in [-0.25, -0.2) is 9.37 Å². The van der Waals surface area contributed by atoms with Gasteiger partial charge in [0.2, 0.25) is 5.88 Å². The number of rotatable bonds is 3. The van der Waals surface area contributed by atoms with Crippen LogP contribution in [0.2, 0.25) is 0 Å². The summed E-state index contributed by atoms with van der Waals surface area (Å²) < 4.78 is 19.6. The number of hydrogen-bond acceptors (Lipinski definition) is 4. The Balaban J connectivity index is 1.50. The molecule has 0 bridgehead atoms. The Hall–Kier alpha value is -2.82. The minimum absolute atomic E-state index is 0.00477. The molecule has 1 aliphatic rings. The molecule has 4 nitrogen and oxygen atoms in total. The molecule has 5 heteroatoms. The number of benzene rings is 2. The van der Waals surface area contributed by atoms with Crippen molar-refractivity contribution < 1.29 is 14.2 Å². The summed E-state index contributed by atoms with van der Waals surface area (Å²) in [4.78, 5) is 6.40. The second-order valence-corrected chi connectivity index (χ2v) is 6.25. The summed E-state index contributed by atoms with van der Waals surface area (Å²) in [6.45, 7) is 1.57. The normalized spacial score (nSPS) is 15.5. The Morgan fingerprint density at radius 2 is 1.76 bits per heavy atom. The Kier molecular flexibility index (Phi) is 4.14. The van der Waals surface area contributed by atoms with Crippen LogP contribution >= 0.6 is 0 Å². The first-order valence-electron chi connectivity index (χ1n) is 8.45. The van der Waals surface area contributed by atoms with E-state index in [0.29, 0.717) is 5.75 Å². The van der Waals surface area contributed by atoms with E-state index in [2.05, 4.69) is 9.88 Å². The highest BCUT2D eigenvalue weighted by Gasteiger charge is 2.23. The molecule has 1 N–H and O–H groups in total. The van der Waals surface area contributed by atoms with Crippen molar-refractivity contribution in [3.05, 3.63) is 60.4 Å². The molecule has 0 spiro atoms. The third-order valence-electron chi connectivity index (χ3n) is 4.59. The van der Waals surface area contributed by atoms with E-state index in [1.54, 1.807) is 24.3 Å². The van der Waals surface area contributed by atoms with Crippen molar-refractivity contribution in [1.82, 2.24) is 4.98 Å². The minimum Gasteiger partial charge on any atom is -0.493 e. The van der Waals surface area contributed by atoms with Gasteiger partial charge in [0.25, 0.3) is 0 Å². The van der Waals surface area contributed by atoms with Crippen molar-refractivity contribution in [2.24, 2.45) is 0 Å². The zero-order chi connectivity index (χ0) is 17.2. The summed E-state index contributed by atoms with van der Waals surface area (Å²) >= 11 is 0. The van der Waals surface area contributed by atoms with Gasteiger partial charge < -0.3 is 14.7 Å². The van der Waals surface area contributed by atoms with Gasteiger partial charge in [0, 0.05) is 37.4 Å². The van der Waals surface area contributed by atoms with Gasteiger partial charge in [-0.2, -0.15) is 0 Å². The molecular weight excluding hydrogens is 319 g/mol. The molecule has 1 aliphatic heterocycles. The number of aromatic hydroxyl groups is 1. The largest absolute Gasteiger partial charge is 0.493 e. The predicted molar refractivity (Wildman–Crippen MR) is 95.7 cm³/mol. The third-order valence-corrected chi connectivity index (χ3v) is 4.59. The average molecular weight is 338 g/mol. The fraction of sp³-hybridized carbons (Fsp3) is 0.250. The number of fused-ring (bicyclic) bond motifs is 1. The van der Waals surface area contributed by atoms with E-state index >= 15 is 0 Å². The number of hydrogen-bond donors (Lipinski definition) is 1. The van der Waals surface area contributed by atoms with Crippen LogP contribution in [0.15, 0.2) is 54.6 Å². The summed E-state index contributed by atoms with van der Waals surface area (Å²) in [7, 11) is 0. The first-order valence-corrected chi connectivity index (χ1v) is 8.45. The molecule has 4 rings (SSSR count). The van der Waals surface area contributed by atoms with Crippen LogP contribution in [-0.2, 0) is 0 Å². The zero-order valence-electron chi connectivity index (χ0n) is 13.7. The molecule has 0 saturated carbocycles. The lowest BCUT2D eigenvalue weighted by Gasteiger charge is -2.34. The van der Waals surface area contributed by atoms with Crippen LogP contribution in [0.5, 0.6) is 11.6 Å². The van der Waals surface area contributed by atoms with Crippen molar-refractivity contribution in [2.75, 3.05) is 18.0 Å². The van der Waals surface area contributed by atoms with Crippen molar-refractivity contribution in [3.63, 3.8) is 0 Å². The fourth-order valence-corrected chi connectivity index (χ4v) is 3.34. The van der Waals surface area contributed by atoms with Crippen molar-refractivity contribution >= 4 is 16.6 Å². The first-order chi connectivity index (χ1) is 12.2. The van der Waals surface area contributed by atoms with E-state index < -0.39 is 0 Å². The van der Waals surface area contributed by atoms with E-state index in [9.17, 15) is 9.50 Å². The number of piperidine rings is 1. The smallest absolute Gasteiger partial charge is 0.213 e. The van der Waals surface area contributed by atoms with Crippen LogP contribution in [-0.4, -0.2) is 29.3 Å². The van der Waals surface area contributed by atoms with Crippen LogP contribution in [0.3, 0.4) is 0 Å². The second-order valence-electron chi connectivity index (χ2n) is 6.25. The van der Waals surface area contributed by atoms with Gasteiger partial charge in [-0.3, -0.25) is 0 Å². The highest BCUT2D eigenvalue weighted by molar-refractivity contribution is 5.92. The van der Waals surface area contributed by atoms with Gasteiger partial charge in [0.05, 0.1) is 11.2 Å². The Bertz CT molecular complexity index is 892. The topological polar surface area (TPSA) is 45.6 Å². The molecule has 3 aromatic rings. The van der Waals surface area contributed by atoms with Crippen molar-refractivity contribution in [1.29, 1.82) is 0 Å². The molecule has 2 aromatic carbocycles. The zero-order valence-corrected chi connectivity index (χ0v) is 13.7. The number of halogens is 1. The summed E-state index contributed by atoms with van der Waals surface area (Å²) in [6, 6.07) is 16.0. The number of pyridine rings is 1. The lowest BCUT2D eigenvalue weighted by Crippen LogP contribution is -2.38. The van der Waals surface area contributed by atoms with Gasteiger partial charge in [-0.15, -0.1) is 0 Å². The number of ether oxygens (including phenoxy) is 1. The van der Waals surface area contributed by atoms with Crippen LogP contribution < -0.4 is 9.64 Å². The molecule has 25 heavy (non-hydrogen) atoms. The van der Waals surface area contributed by atoms with Gasteiger partial charge in [0.15, 0.2) is 11.6 Å². The Labute approximate surface area is 145 Å². The molecule has 128 valence electrons. The summed E-state index contributed by atoms with van der Waals surface area (Å²) in [5, 5.41) is 10.9. The molecule has 1 aromatic heterocycles. The van der Waals surface area contributed by atoms with Gasteiger partial charge in [0.1, 0.15) is 6.10 Å². The molecule has 0 unspecified atom stereocenters. The lowest BCUT2D eigenvalue weighted by molar-refractivity contribution is 0.164. The number of anilines is 1. The van der Waals surface area contributed by atoms with E-state index in [4.69, 9.17) is 4.74 Å². The maximum absolute atomic E-state index is 13.7. The molecule has 0 atom stereocenters. The van der Waals surface area contributed by atoms with E-state index in [0.717, 1.165) is 42.5 Å². The minimum atomic E-state index is -0.324. The highest BCUT2D eigenvalue weighted by Crippen LogP contribution is 2.31. The lowest BCUT2D eigenvalue weighted by atomic mass is 10.1. The second kappa shape index (κ2) is 6.59. The SMILES string of the molecule is Oc1cc(N2CCC(Oc3ccccc3F)CC2)c2ccccc2n1. The molecule has 0 radical (unpaired) electrons. The number of para-hydroxylation sites is 2. The molecule has 0 aliphatic carbocycles. The van der Waals surface area contributed by atoms with Crippen LogP contribution in [0.1, 0.15) is 12.8 Å². The summed E-state index contributed by atoms with van der Waals surface area (Å²) in [6.07, 6.45) is 1.59. The van der Waals surface area contributed by atoms with Crippen molar-refractivity contribution in [2.45, 2.75) is 18.9 Å². The molecular formula is C20H19FN2O2. The van der Waals surface area contributed by atoms with Crippen LogP contribution in [0.4, 0.5) is 10.1 Å². The van der Waals surface area contributed by atoms with Gasteiger partial charge in [-0.1, -0.05) is 30.3 Å². The van der Waals surface area contributed by atoms with Gasteiger partial charge >= 0.3 is 0 Å². The predicted octanol–water partition coefficient (Wildman–Crippen LogP) is 4.13. The number of aromatic nitrogens is 1. The van der Waals surface area contributed by atoms with Crippen LogP contribution in [0, 0.1) is 5.82 Å². The third kappa shape index (κ3) is 3.22.